The summed E-state index contributed by atoms with van der Waals surface area (Å²) in [7, 11) is 0. The topological polar surface area (TPSA) is 89.7 Å². The van der Waals surface area contributed by atoms with Gasteiger partial charge in [-0.3, -0.25) is 0 Å². The maximum absolute atomic E-state index is 13.1. The highest BCUT2D eigenvalue weighted by atomic mass is 19.2. The average molecular weight is 263 g/mol. The van der Waals surface area contributed by atoms with E-state index in [0.717, 1.165) is 12.1 Å². The highest BCUT2D eigenvalue weighted by Gasteiger charge is 2.12. The Morgan fingerprint density at radius 3 is 2.79 bits per heavy atom. The van der Waals surface area contributed by atoms with Gasteiger partial charge >= 0.3 is 0 Å². The number of aromatic amines is 1. The molecule has 0 saturated carbocycles. The number of hydrogen-bond donors (Lipinski definition) is 2. The quantitative estimate of drug-likeness (QED) is 0.738. The molecule has 6 nitrogen and oxygen atoms in total. The van der Waals surface area contributed by atoms with Gasteiger partial charge in [0, 0.05) is 6.07 Å². The second-order valence-electron chi connectivity index (χ2n) is 3.67. The van der Waals surface area contributed by atoms with E-state index < -0.39 is 11.6 Å². The van der Waals surface area contributed by atoms with Crippen LogP contribution in [0.5, 0.6) is 11.6 Å². The first-order valence-corrected chi connectivity index (χ1v) is 5.23. The molecule has 0 atom stereocenters. The van der Waals surface area contributed by atoms with Gasteiger partial charge in [-0.25, -0.2) is 13.8 Å². The molecule has 2 heterocycles. The average Bonchev–Trinajstić information content (AvgIpc) is 2.82. The van der Waals surface area contributed by atoms with Crippen LogP contribution in [0.3, 0.4) is 0 Å². The number of fused-ring (bicyclic) bond motifs is 1. The predicted molar refractivity (Wildman–Crippen MR) is 62.5 cm³/mol. The van der Waals surface area contributed by atoms with Crippen molar-refractivity contribution in [2.24, 2.45) is 0 Å². The molecule has 19 heavy (non-hydrogen) atoms. The van der Waals surface area contributed by atoms with E-state index in [1.807, 2.05) is 0 Å². The summed E-state index contributed by atoms with van der Waals surface area (Å²) in [4.78, 5) is 14.4. The second-order valence-corrected chi connectivity index (χ2v) is 3.67. The van der Waals surface area contributed by atoms with Crippen molar-refractivity contribution in [3.8, 4) is 11.6 Å². The van der Waals surface area contributed by atoms with Gasteiger partial charge in [0.15, 0.2) is 17.3 Å². The number of halogens is 2. The fraction of sp³-hybridized carbons (Fsp3) is 0. The molecule has 3 N–H and O–H groups in total. The minimum absolute atomic E-state index is 0.0304. The number of H-pyrrole nitrogens is 1. The second kappa shape index (κ2) is 4.16. The molecule has 3 rings (SSSR count). The maximum Gasteiger partial charge on any atom is 0.250 e. The van der Waals surface area contributed by atoms with Crippen molar-refractivity contribution >= 4 is 17.1 Å². The third kappa shape index (κ3) is 2.03. The Balaban J connectivity index is 2.04. The van der Waals surface area contributed by atoms with Gasteiger partial charge in [0.1, 0.15) is 11.3 Å². The SMILES string of the molecule is Nc1nc(Oc2ccc(F)c(F)c2)c2[nH]cnc2n1. The van der Waals surface area contributed by atoms with Crippen LogP contribution in [-0.2, 0) is 0 Å². The predicted octanol–water partition coefficient (Wildman–Crippen LogP) is 2.01. The number of nitrogens with two attached hydrogens (primary N) is 1. The zero-order chi connectivity index (χ0) is 13.4. The fourth-order valence-electron chi connectivity index (χ4n) is 1.55. The Bertz CT molecular complexity index is 758. The normalized spacial score (nSPS) is 10.8. The highest BCUT2D eigenvalue weighted by Crippen LogP contribution is 2.26. The molecule has 0 unspecified atom stereocenters. The van der Waals surface area contributed by atoms with Crippen molar-refractivity contribution in [3.63, 3.8) is 0 Å². The molecular formula is C11H7F2N5O. The Morgan fingerprint density at radius 2 is 2.00 bits per heavy atom. The van der Waals surface area contributed by atoms with Crippen LogP contribution in [0.1, 0.15) is 0 Å². The van der Waals surface area contributed by atoms with Crippen LogP contribution in [0.25, 0.3) is 11.2 Å². The maximum atomic E-state index is 13.1. The molecule has 0 amide bonds. The minimum atomic E-state index is -1.01. The number of nitrogens with zero attached hydrogens (tertiary/aromatic N) is 3. The minimum Gasteiger partial charge on any atom is -0.437 e. The van der Waals surface area contributed by atoms with Crippen LogP contribution >= 0.6 is 0 Å². The molecule has 1 aromatic carbocycles. The number of imidazole rings is 1. The summed E-state index contributed by atoms with van der Waals surface area (Å²) in [6, 6.07) is 3.15. The van der Waals surface area contributed by atoms with Gasteiger partial charge in [0.2, 0.25) is 5.95 Å². The lowest BCUT2D eigenvalue weighted by Gasteiger charge is -2.06. The van der Waals surface area contributed by atoms with Crippen molar-refractivity contribution in [1.82, 2.24) is 19.9 Å². The van der Waals surface area contributed by atoms with Crippen LogP contribution in [-0.4, -0.2) is 19.9 Å². The van der Waals surface area contributed by atoms with E-state index in [4.69, 9.17) is 10.5 Å². The molecule has 0 fully saturated rings. The van der Waals surface area contributed by atoms with E-state index >= 15 is 0 Å². The fourth-order valence-corrected chi connectivity index (χ4v) is 1.55. The van der Waals surface area contributed by atoms with Crippen LogP contribution in [0.2, 0.25) is 0 Å². The zero-order valence-corrected chi connectivity index (χ0v) is 9.39. The molecule has 8 heteroatoms. The van der Waals surface area contributed by atoms with E-state index in [-0.39, 0.29) is 17.6 Å². The number of nitrogens with one attached hydrogen (secondary N) is 1. The van der Waals surface area contributed by atoms with Gasteiger partial charge in [-0.2, -0.15) is 9.97 Å². The molecule has 0 aliphatic heterocycles. The van der Waals surface area contributed by atoms with E-state index in [2.05, 4.69) is 19.9 Å². The smallest absolute Gasteiger partial charge is 0.250 e. The van der Waals surface area contributed by atoms with E-state index in [9.17, 15) is 8.78 Å². The summed E-state index contributed by atoms with van der Waals surface area (Å²) < 4.78 is 31.3. The van der Waals surface area contributed by atoms with Crippen molar-refractivity contribution < 1.29 is 13.5 Å². The summed E-state index contributed by atoms with van der Waals surface area (Å²) in [5.74, 6) is -1.82. The Hall–Kier alpha value is -2.77. The van der Waals surface area contributed by atoms with Gasteiger partial charge < -0.3 is 15.5 Å². The van der Waals surface area contributed by atoms with E-state index in [1.54, 1.807) is 0 Å². The lowest BCUT2D eigenvalue weighted by molar-refractivity contribution is 0.451. The van der Waals surface area contributed by atoms with Gasteiger partial charge in [-0.15, -0.1) is 0 Å². The number of rotatable bonds is 2. The number of anilines is 1. The number of aromatic nitrogens is 4. The van der Waals surface area contributed by atoms with Crippen LogP contribution < -0.4 is 10.5 Å². The summed E-state index contributed by atoms with van der Waals surface area (Å²) in [6.45, 7) is 0. The number of benzene rings is 1. The van der Waals surface area contributed by atoms with Crippen molar-refractivity contribution in [2.75, 3.05) is 5.73 Å². The molecule has 0 spiro atoms. The van der Waals surface area contributed by atoms with Crippen molar-refractivity contribution in [1.29, 1.82) is 0 Å². The van der Waals surface area contributed by atoms with Crippen LogP contribution in [0.15, 0.2) is 24.5 Å². The number of nitrogen functional groups attached to an aromatic ring is 1. The van der Waals surface area contributed by atoms with Gasteiger partial charge in [0.25, 0.3) is 5.88 Å². The van der Waals surface area contributed by atoms with Gasteiger partial charge in [0.05, 0.1) is 6.33 Å². The molecule has 0 aliphatic rings. The Kier molecular flexibility index (Phi) is 2.48. The lowest BCUT2D eigenvalue weighted by atomic mass is 10.3. The molecular weight excluding hydrogens is 256 g/mol. The molecule has 3 aromatic rings. The van der Waals surface area contributed by atoms with E-state index in [1.165, 1.54) is 12.4 Å². The van der Waals surface area contributed by atoms with Crippen LogP contribution in [0.4, 0.5) is 14.7 Å². The third-order valence-electron chi connectivity index (χ3n) is 2.38. The zero-order valence-electron chi connectivity index (χ0n) is 9.39. The monoisotopic (exact) mass is 263 g/mol. The summed E-state index contributed by atoms with van der Waals surface area (Å²) >= 11 is 0. The summed E-state index contributed by atoms with van der Waals surface area (Å²) in [6.07, 6.45) is 1.40. The van der Waals surface area contributed by atoms with Crippen molar-refractivity contribution in [2.45, 2.75) is 0 Å². The van der Waals surface area contributed by atoms with Crippen molar-refractivity contribution in [3.05, 3.63) is 36.2 Å². The van der Waals surface area contributed by atoms with Crippen LogP contribution in [0, 0.1) is 11.6 Å². The first-order valence-electron chi connectivity index (χ1n) is 5.23. The first-order chi connectivity index (χ1) is 9.13. The standard InChI is InChI=1S/C11H7F2N5O/c12-6-2-1-5(3-7(6)13)19-10-8-9(16-4-15-8)17-11(14)18-10/h1-4H,(H3,14,15,16,17,18). The Morgan fingerprint density at radius 1 is 1.16 bits per heavy atom. The number of hydrogen-bond acceptors (Lipinski definition) is 5. The molecule has 0 radical (unpaired) electrons. The lowest BCUT2D eigenvalue weighted by Crippen LogP contribution is -1.98. The van der Waals surface area contributed by atoms with Gasteiger partial charge in [-0.1, -0.05) is 0 Å². The van der Waals surface area contributed by atoms with Gasteiger partial charge in [-0.05, 0) is 12.1 Å². The summed E-state index contributed by atoms with van der Waals surface area (Å²) in [5, 5.41) is 0. The molecule has 0 bridgehead atoms. The largest absolute Gasteiger partial charge is 0.437 e. The molecule has 2 aromatic heterocycles. The van der Waals surface area contributed by atoms with E-state index in [0.29, 0.717) is 11.2 Å². The molecule has 0 saturated heterocycles. The highest BCUT2D eigenvalue weighted by molar-refractivity contribution is 5.77. The molecule has 0 aliphatic carbocycles. The molecule has 96 valence electrons. The number of ether oxygens (including phenoxy) is 1. The first kappa shape index (κ1) is 11.3. The summed E-state index contributed by atoms with van der Waals surface area (Å²) in [5.41, 5.74) is 6.24. The Labute approximate surface area is 105 Å². The third-order valence-corrected chi connectivity index (χ3v) is 2.38.